The van der Waals surface area contributed by atoms with Gasteiger partial charge in [-0.25, -0.2) is 0 Å². The molecule has 0 spiro atoms. The van der Waals surface area contributed by atoms with E-state index >= 15 is 0 Å². The highest BCUT2D eigenvalue weighted by molar-refractivity contribution is 5.16. The minimum Gasteiger partial charge on any atom is -0.364 e. The third-order valence-corrected chi connectivity index (χ3v) is 2.76. The van der Waals surface area contributed by atoms with Gasteiger partial charge in [-0.05, 0) is 26.6 Å². The quantitative estimate of drug-likeness (QED) is 0.679. The van der Waals surface area contributed by atoms with E-state index in [1.807, 2.05) is 20.2 Å². The van der Waals surface area contributed by atoms with Crippen molar-refractivity contribution in [3.8, 4) is 0 Å². The number of benzene rings is 1. The van der Waals surface area contributed by atoms with Gasteiger partial charge in [-0.1, -0.05) is 30.3 Å². The minimum atomic E-state index is -0.221. The van der Waals surface area contributed by atoms with Gasteiger partial charge in [0.05, 0.1) is 0 Å². The highest BCUT2D eigenvalue weighted by Gasteiger charge is 2.26. The van der Waals surface area contributed by atoms with E-state index in [9.17, 15) is 0 Å². The summed E-state index contributed by atoms with van der Waals surface area (Å²) >= 11 is 0. The largest absolute Gasteiger partial charge is 0.364 e. The normalized spacial score (nSPS) is 15.5. The molecule has 0 heterocycles. The van der Waals surface area contributed by atoms with Gasteiger partial charge in [0.2, 0.25) is 0 Å². The standard InChI is InChI=1S/C12H19NO/c1-12(14-4,13(2)3)10-11-8-6-5-7-9-11/h5-9H,10H2,1-4H3. The van der Waals surface area contributed by atoms with Gasteiger partial charge in [-0.2, -0.15) is 0 Å². The molecule has 1 atom stereocenters. The van der Waals surface area contributed by atoms with Crippen molar-refractivity contribution >= 4 is 0 Å². The number of hydrogen-bond acceptors (Lipinski definition) is 2. The van der Waals surface area contributed by atoms with Crippen LogP contribution in [0.4, 0.5) is 0 Å². The van der Waals surface area contributed by atoms with Gasteiger partial charge in [-0.15, -0.1) is 0 Å². The van der Waals surface area contributed by atoms with Gasteiger partial charge in [0.25, 0.3) is 0 Å². The molecule has 0 amide bonds. The van der Waals surface area contributed by atoms with E-state index in [4.69, 9.17) is 4.74 Å². The number of ether oxygens (including phenoxy) is 1. The van der Waals surface area contributed by atoms with E-state index < -0.39 is 0 Å². The lowest BCUT2D eigenvalue weighted by Gasteiger charge is -2.35. The third-order valence-electron chi connectivity index (χ3n) is 2.76. The maximum absolute atomic E-state index is 5.53. The van der Waals surface area contributed by atoms with Gasteiger partial charge in [-0.3, -0.25) is 4.90 Å². The highest BCUT2D eigenvalue weighted by atomic mass is 16.5. The van der Waals surface area contributed by atoms with Gasteiger partial charge < -0.3 is 4.74 Å². The number of methoxy groups -OCH3 is 1. The first-order valence-corrected chi connectivity index (χ1v) is 4.85. The molecule has 0 N–H and O–H groups in total. The van der Waals surface area contributed by atoms with Crippen molar-refractivity contribution in [1.82, 2.24) is 4.90 Å². The van der Waals surface area contributed by atoms with Crippen LogP contribution in [0.3, 0.4) is 0 Å². The van der Waals surface area contributed by atoms with Crippen LogP contribution in [0.25, 0.3) is 0 Å². The zero-order chi connectivity index (χ0) is 10.6. The van der Waals surface area contributed by atoms with Gasteiger partial charge in [0.1, 0.15) is 5.72 Å². The predicted octanol–water partition coefficient (Wildman–Crippen LogP) is 2.15. The lowest BCUT2D eigenvalue weighted by Crippen LogP contribution is -2.44. The molecular weight excluding hydrogens is 174 g/mol. The van der Waals surface area contributed by atoms with Crippen LogP contribution in [0.15, 0.2) is 30.3 Å². The Bertz CT molecular complexity index is 271. The second-order valence-corrected chi connectivity index (χ2v) is 3.94. The van der Waals surface area contributed by atoms with E-state index in [1.165, 1.54) is 5.56 Å². The van der Waals surface area contributed by atoms with Crippen LogP contribution in [0.2, 0.25) is 0 Å². The van der Waals surface area contributed by atoms with Crippen LogP contribution in [0.5, 0.6) is 0 Å². The molecule has 0 bridgehead atoms. The summed E-state index contributed by atoms with van der Waals surface area (Å²) < 4.78 is 5.53. The fourth-order valence-electron chi connectivity index (χ4n) is 1.39. The molecule has 0 radical (unpaired) electrons. The van der Waals surface area contributed by atoms with Crippen molar-refractivity contribution in [2.45, 2.75) is 19.1 Å². The summed E-state index contributed by atoms with van der Waals surface area (Å²) in [5.74, 6) is 0. The summed E-state index contributed by atoms with van der Waals surface area (Å²) in [6.07, 6.45) is 0.900. The monoisotopic (exact) mass is 193 g/mol. The molecule has 0 aromatic heterocycles. The van der Waals surface area contributed by atoms with Gasteiger partial charge in [0.15, 0.2) is 0 Å². The minimum absolute atomic E-state index is 0.221. The van der Waals surface area contributed by atoms with Crippen molar-refractivity contribution in [3.05, 3.63) is 35.9 Å². The zero-order valence-corrected chi connectivity index (χ0v) is 9.45. The Kier molecular flexibility index (Phi) is 3.67. The molecule has 2 nitrogen and oxygen atoms in total. The molecule has 0 fully saturated rings. The SMILES string of the molecule is COC(C)(Cc1ccccc1)N(C)C. The fraction of sp³-hybridized carbons (Fsp3) is 0.500. The zero-order valence-electron chi connectivity index (χ0n) is 9.45. The molecular formula is C12H19NO. The van der Waals surface area contributed by atoms with E-state index in [1.54, 1.807) is 7.11 Å². The van der Waals surface area contributed by atoms with E-state index in [0.29, 0.717) is 0 Å². The Morgan fingerprint density at radius 1 is 1.21 bits per heavy atom. The lowest BCUT2D eigenvalue weighted by molar-refractivity contribution is -0.0985. The van der Waals surface area contributed by atoms with E-state index in [-0.39, 0.29) is 5.72 Å². The first-order valence-electron chi connectivity index (χ1n) is 4.85. The molecule has 14 heavy (non-hydrogen) atoms. The Balaban J connectivity index is 2.76. The Morgan fingerprint density at radius 3 is 2.21 bits per heavy atom. The van der Waals surface area contributed by atoms with Gasteiger partial charge >= 0.3 is 0 Å². The molecule has 0 aliphatic carbocycles. The molecule has 1 aromatic rings. The van der Waals surface area contributed by atoms with Crippen molar-refractivity contribution in [2.75, 3.05) is 21.2 Å². The van der Waals surface area contributed by atoms with Crippen LogP contribution in [-0.2, 0) is 11.2 Å². The van der Waals surface area contributed by atoms with Crippen LogP contribution in [0, 0.1) is 0 Å². The fourth-order valence-corrected chi connectivity index (χ4v) is 1.39. The van der Waals surface area contributed by atoms with Crippen LogP contribution in [-0.4, -0.2) is 31.8 Å². The summed E-state index contributed by atoms with van der Waals surface area (Å²) in [7, 11) is 5.82. The predicted molar refractivity (Wildman–Crippen MR) is 59.2 cm³/mol. The number of nitrogens with zero attached hydrogens (tertiary/aromatic N) is 1. The molecule has 1 rings (SSSR count). The average Bonchev–Trinajstić information content (AvgIpc) is 2.19. The summed E-state index contributed by atoms with van der Waals surface area (Å²) in [5.41, 5.74) is 1.08. The van der Waals surface area contributed by atoms with Crippen molar-refractivity contribution < 1.29 is 4.74 Å². The summed E-state index contributed by atoms with van der Waals surface area (Å²) in [6.45, 7) is 2.10. The summed E-state index contributed by atoms with van der Waals surface area (Å²) in [6, 6.07) is 10.4. The maximum atomic E-state index is 5.53. The second kappa shape index (κ2) is 4.58. The smallest absolute Gasteiger partial charge is 0.122 e. The topological polar surface area (TPSA) is 12.5 Å². The molecule has 0 saturated heterocycles. The molecule has 0 aliphatic rings. The first-order chi connectivity index (χ1) is 6.58. The maximum Gasteiger partial charge on any atom is 0.122 e. The Hall–Kier alpha value is -0.860. The van der Waals surface area contributed by atoms with Crippen LogP contribution < -0.4 is 0 Å². The molecule has 78 valence electrons. The van der Waals surface area contributed by atoms with Crippen molar-refractivity contribution in [1.29, 1.82) is 0 Å². The molecule has 0 aliphatic heterocycles. The first kappa shape index (κ1) is 11.2. The van der Waals surface area contributed by atoms with Crippen LogP contribution >= 0.6 is 0 Å². The van der Waals surface area contributed by atoms with Crippen LogP contribution in [0.1, 0.15) is 12.5 Å². The van der Waals surface area contributed by atoms with E-state index in [2.05, 4.69) is 36.1 Å². The number of rotatable bonds is 4. The second-order valence-electron chi connectivity index (χ2n) is 3.94. The Labute approximate surface area is 86.5 Å². The third kappa shape index (κ3) is 2.56. The summed E-state index contributed by atoms with van der Waals surface area (Å²) in [4.78, 5) is 2.10. The molecule has 1 aromatic carbocycles. The highest BCUT2D eigenvalue weighted by Crippen LogP contribution is 2.18. The lowest BCUT2D eigenvalue weighted by atomic mass is 10.0. The van der Waals surface area contributed by atoms with Crippen molar-refractivity contribution in [2.24, 2.45) is 0 Å². The average molecular weight is 193 g/mol. The number of hydrogen-bond donors (Lipinski definition) is 0. The van der Waals surface area contributed by atoms with Gasteiger partial charge in [0, 0.05) is 13.5 Å². The van der Waals surface area contributed by atoms with Crippen molar-refractivity contribution in [3.63, 3.8) is 0 Å². The van der Waals surface area contributed by atoms with E-state index in [0.717, 1.165) is 6.42 Å². The number of likely N-dealkylation sites (N-methyl/N-ethyl adjacent to an activating group) is 1. The molecule has 1 unspecified atom stereocenters. The Morgan fingerprint density at radius 2 is 1.79 bits per heavy atom. The molecule has 0 saturated carbocycles. The molecule has 2 heteroatoms. The summed E-state index contributed by atoms with van der Waals surface area (Å²) in [5, 5.41) is 0.